The van der Waals surface area contributed by atoms with Gasteiger partial charge in [-0.3, -0.25) is 0 Å². The Labute approximate surface area is 260 Å². The maximum absolute atomic E-state index is 15.2. The third-order valence-electron chi connectivity index (χ3n) is 6.95. The number of halogens is 3. The van der Waals surface area contributed by atoms with Gasteiger partial charge in [-0.2, -0.15) is 0 Å². The first-order valence-corrected chi connectivity index (χ1v) is 19.2. The topological polar surface area (TPSA) is 133 Å². The van der Waals surface area contributed by atoms with E-state index in [1.54, 1.807) is 0 Å². The van der Waals surface area contributed by atoms with Crippen molar-refractivity contribution in [2.24, 2.45) is 0 Å². The van der Waals surface area contributed by atoms with Crippen molar-refractivity contribution in [2.75, 3.05) is 0 Å². The van der Waals surface area contributed by atoms with Crippen molar-refractivity contribution in [1.29, 1.82) is 0 Å². The fourth-order valence-electron chi connectivity index (χ4n) is 4.93. The molecular formula is C32H22F3N2O8Sb+2. The number of benzene rings is 5. The molecule has 5 aromatic rings. The molecule has 5 rings (SSSR count). The Kier molecular flexibility index (Phi) is 8.62. The van der Waals surface area contributed by atoms with Crippen LogP contribution in [-0.4, -0.2) is 50.2 Å². The number of aromatic carboxylic acids is 2. The summed E-state index contributed by atoms with van der Waals surface area (Å²) in [6.45, 7) is 0. The second kappa shape index (κ2) is 12.4. The molecule has 0 bridgehead atoms. The molecular weight excluding hydrogens is 719 g/mol. The van der Waals surface area contributed by atoms with E-state index in [-0.39, 0.29) is 20.4 Å². The average molecular weight is 741 g/mol. The van der Waals surface area contributed by atoms with Gasteiger partial charge in [0.05, 0.1) is 0 Å². The molecule has 0 aliphatic rings. The molecule has 5 aromatic carbocycles. The van der Waals surface area contributed by atoms with Crippen LogP contribution in [-0.2, 0) is 6.23 Å². The molecule has 0 unspecified atom stereocenters. The van der Waals surface area contributed by atoms with Gasteiger partial charge >= 0.3 is 261 Å². The van der Waals surface area contributed by atoms with E-state index < -0.39 is 70.1 Å². The Balaban J connectivity index is 1.98. The molecule has 0 radical (unpaired) electrons. The van der Waals surface area contributed by atoms with E-state index in [2.05, 4.69) is 0 Å². The Morgan fingerprint density at radius 1 is 0.522 bits per heavy atom. The predicted molar refractivity (Wildman–Crippen MR) is 159 cm³/mol. The summed E-state index contributed by atoms with van der Waals surface area (Å²) in [5, 5.41) is 19.6. The van der Waals surface area contributed by atoms with E-state index in [0.717, 1.165) is 60.7 Å². The minimum atomic E-state index is -7.37. The minimum absolute atomic E-state index is 0.261. The van der Waals surface area contributed by atoms with Gasteiger partial charge in [0.1, 0.15) is 0 Å². The first kappa shape index (κ1) is 31.9. The monoisotopic (exact) mass is 740 g/mol. The molecule has 2 N–H and O–H groups in total. The molecule has 0 saturated carbocycles. The summed E-state index contributed by atoms with van der Waals surface area (Å²) in [7, 11) is 0. The molecule has 0 saturated heterocycles. The fourth-order valence-corrected chi connectivity index (χ4v) is 17.4. The van der Waals surface area contributed by atoms with Crippen molar-refractivity contribution in [3.8, 4) is 0 Å². The Morgan fingerprint density at radius 2 is 0.848 bits per heavy atom. The van der Waals surface area contributed by atoms with Crippen molar-refractivity contribution in [1.82, 2.24) is 0 Å². The van der Waals surface area contributed by atoms with Crippen molar-refractivity contribution < 1.29 is 49.1 Å². The van der Waals surface area contributed by atoms with Crippen LogP contribution in [0.4, 0.5) is 24.5 Å². The first-order valence-electron chi connectivity index (χ1n) is 13.3. The van der Waals surface area contributed by atoms with E-state index in [0.29, 0.717) is 0 Å². The van der Waals surface area contributed by atoms with E-state index in [1.165, 1.54) is 60.7 Å². The number of hydrogen-bond acceptors (Lipinski definition) is 6. The summed E-state index contributed by atoms with van der Waals surface area (Å²) >= 11 is -7.37. The molecule has 46 heavy (non-hydrogen) atoms. The van der Waals surface area contributed by atoms with Crippen molar-refractivity contribution in [3.63, 3.8) is 0 Å². The van der Waals surface area contributed by atoms with E-state index in [1.807, 2.05) is 0 Å². The first-order chi connectivity index (χ1) is 22.0. The number of nitrogens with zero attached hydrogens (tertiary/aromatic N) is 2. The molecule has 0 fully saturated rings. The van der Waals surface area contributed by atoms with Crippen LogP contribution in [0, 0.1) is 27.3 Å². The molecule has 0 aromatic heterocycles. The van der Waals surface area contributed by atoms with Crippen molar-refractivity contribution in [3.05, 3.63) is 160 Å². The number of para-hydroxylation sites is 2. The Hall–Kier alpha value is -5.55. The summed E-state index contributed by atoms with van der Waals surface area (Å²) in [6, 6.07) is 22.4. The summed E-state index contributed by atoms with van der Waals surface area (Å²) in [4.78, 5) is 52.0. The third kappa shape index (κ3) is 5.56. The van der Waals surface area contributed by atoms with E-state index in [4.69, 9.17) is 6.23 Å². The molecule has 10 nitrogen and oxygen atoms in total. The number of carboxylic acids is 2. The van der Waals surface area contributed by atoms with Gasteiger partial charge in [-0.05, 0) is 0 Å². The van der Waals surface area contributed by atoms with Gasteiger partial charge in [-0.25, -0.2) is 0 Å². The number of carbonyl (C=O) groups is 2. The van der Waals surface area contributed by atoms with Gasteiger partial charge in [0.2, 0.25) is 0 Å². The van der Waals surface area contributed by atoms with Crippen LogP contribution in [0.15, 0.2) is 121 Å². The second-order valence-corrected chi connectivity index (χ2v) is 20.5. The fraction of sp³-hybridized carbons (Fsp3) is 0. The Bertz CT molecular complexity index is 1850. The molecule has 0 aliphatic heterocycles. The molecule has 0 atom stereocenters. The standard InChI is InChI=1S/2C7H5NO4.3C6H4F.Sb/c2*9-7(10)5-3-1-2-4-6(5)8(11)12;3*7-6-4-2-1-3-5-6;/h2*1-4H,(H,9,10);3*1-2,4-5H;/q;;;;;+2. The van der Waals surface area contributed by atoms with Crippen molar-refractivity contribution in [2.45, 2.75) is 0 Å². The third-order valence-corrected chi connectivity index (χ3v) is 20.0. The number of rotatable bonds is 11. The van der Waals surface area contributed by atoms with Gasteiger partial charge < -0.3 is 0 Å². The van der Waals surface area contributed by atoms with Crippen LogP contribution in [0.3, 0.4) is 0 Å². The predicted octanol–water partition coefficient (Wildman–Crippen LogP) is 5.00. The van der Waals surface area contributed by atoms with Crippen LogP contribution in [0.1, 0.15) is 20.7 Å². The number of hydrogen-bond donors (Lipinski definition) is 2. The summed E-state index contributed by atoms with van der Waals surface area (Å²) in [5.74, 6) is -5.87. The van der Waals surface area contributed by atoms with Gasteiger partial charge in [-0.15, -0.1) is 0 Å². The van der Waals surface area contributed by atoms with Gasteiger partial charge in [-0.1, -0.05) is 0 Å². The van der Waals surface area contributed by atoms with Gasteiger partial charge in [0.15, 0.2) is 0 Å². The molecule has 14 heteroatoms. The van der Waals surface area contributed by atoms with Crippen LogP contribution in [0.25, 0.3) is 0 Å². The van der Waals surface area contributed by atoms with E-state index in [9.17, 15) is 29.6 Å². The normalized spacial score (nSPS) is 11.9. The van der Waals surface area contributed by atoms with Crippen molar-refractivity contribution >= 4 is 52.1 Å². The molecule has 0 spiro atoms. The molecule has 0 heterocycles. The van der Waals surface area contributed by atoms with Crippen LogP contribution in [0.2, 0.25) is 0 Å². The van der Waals surface area contributed by atoms with Gasteiger partial charge in [0.25, 0.3) is 0 Å². The SMILES string of the molecule is O=C(O)c1ccccc1[N+](=O)[O][Sb]([O][N+](=O)c1ccccc1C(=O)O)([c]1cccc(F)c1)([c]1cccc(F)c1)[c]1cccc(F)c1. The zero-order valence-corrected chi connectivity index (χ0v) is 25.9. The quantitative estimate of drug-likeness (QED) is 0.143. The average Bonchev–Trinajstić information content (AvgIpc) is 3.04. The molecule has 232 valence electrons. The summed E-state index contributed by atoms with van der Waals surface area (Å²) < 4.78 is 56.9. The summed E-state index contributed by atoms with van der Waals surface area (Å²) in [5.41, 5.74) is -2.33. The van der Waals surface area contributed by atoms with Crippen LogP contribution < -0.4 is 10.5 Å². The Morgan fingerprint density at radius 3 is 1.15 bits per heavy atom. The van der Waals surface area contributed by atoms with Crippen LogP contribution in [0.5, 0.6) is 0 Å². The second-order valence-electron chi connectivity index (χ2n) is 9.72. The zero-order chi connectivity index (χ0) is 33.1. The van der Waals surface area contributed by atoms with Gasteiger partial charge in [0, 0.05) is 0 Å². The zero-order valence-electron chi connectivity index (χ0n) is 23.4. The number of carboxylic acid groups (broad SMARTS) is 2. The van der Waals surface area contributed by atoms with E-state index >= 15 is 13.2 Å². The molecule has 0 aliphatic carbocycles. The maximum atomic E-state index is 15.2. The summed E-state index contributed by atoms with van der Waals surface area (Å²) in [6.07, 6.45) is 0. The van der Waals surface area contributed by atoms with Crippen LogP contribution >= 0.6 is 0 Å². The molecule has 0 amide bonds.